The summed E-state index contributed by atoms with van der Waals surface area (Å²) in [7, 11) is 0. The van der Waals surface area contributed by atoms with Gasteiger partial charge in [0.25, 0.3) is 6.43 Å². The van der Waals surface area contributed by atoms with Crippen LogP contribution in [-0.4, -0.2) is 0 Å². The Bertz CT molecular complexity index is 569. The lowest BCUT2D eigenvalue weighted by atomic mass is 10.0. The highest BCUT2D eigenvalue weighted by Crippen LogP contribution is 2.22. The molecule has 0 aromatic heterocycles. The van der Waals surface area contributed by atoms with Gasteiger partial charge in [-0.1, -0.05) is 53.2 Å². The van der Waals surface area contributed by atoms with E-state index in [4.69, 9.17) is 0 Å². The number of rotatable bonds is 6. The van der Waals surface area contributed by atoms with Gasteiger partial charge in [0.05, 0.1) is 0 Å². The maximum absolute atomic E-state index is 12.7. The zero-order chi connectivity index (χ0) is 15.2. The Morgan fingerprint density at radius 1 is 1.05 bits per heavy atom. The Kier molecular flexibility index (Phi) is 5.88. The fourth-order valence-corrected chi connectivity index (χ4v) is 2.54. The second-order valence-electron chi connectivity index (χ2n) is 4.94. The molecule has 1 N–H and O–H groups in total. The molecule has 0 aliphatic rings. The normalized spacial score (nSPS) is 12.6. The summed E-state index contributed by atoms with van der Waals surface area (Å²) in [6.45, 7) is 2.68. The molecule has 1 atom stereocenters. The maximum atomic E-state index is 12.7. The van der Waals surface area contributed by atoms with E-state index in [-0.39, 0.29) is 11.6 Å². The van der Waals surface area contributed by atoms with Crippen LogP contribution in [0, 0.1) is 0 Å². The molecular weight excluding hydrogens is 336 g/mol. The summed E-state index contributed by atoms with van der Waals surface area (Å²) in [5, 5.41) is 3.43. The first-order chi connectivity index (χ1) is 10.1. The van der Waals surface area contributed by atoms with Crippen molar-refractivity contribution >= 4 is 15.9 Å². The summed E-state index contributed by atoms with van der Waals surface area (Å²) >= 11 is 3.42. The van der Waals surface area contributed by atoms with E-state index >= 15 is 0 Å². The molecule has 21 heavy (non-hydrogen) atoms. The average molecular weight is 354 g/mol. The first-order valence-corrected chi connectivity index (χ1v) is 7.75. The van der Waals surface area contributed by atoms with E-state index in [1.807, 2.05) is 18.2 Å². The summed E-state index contributed by atoms with van der Waals surface area (Å²) < 4.78 is 26.4. The third kappa shape index (κ3) is 4.61. The predicted octanol–water partition coefficient (Wildman–Crippen LogP) is 5.63. The van der Waals surface area contributed by atoms with Gasteiger partial charge in [0, 0.05) is 22.6 Å². The van der Waals surface area contributed by atoms with Gasteiger partial charge in [0.2, 0.25) is 0 Å². The predicted molar refractivity (Wildman–Crippen MR) is 85.4 cm³/mol. The zero-order valence-electron chi connectivity index (χ0n) is 11.8. The fraction of sp³-hybridized carbons (Fsp3) is 0.294. The Labute approximate surface area is 132 Å². The van der Waals surface area contributed by atoms with Crippen LogP contribution < -0.4 is 5.32 Å². The Balaban J connectivity index is 2.03. The minimum Gasteiger partial charge on any atom is -0.306 e. The molecule has 1 nitrogen and oxygen atoms in total. The summed E-state index contributed by atoms with van der Waals surface area (Å²) in [6.07, 6.45) is -1.48. The van der Waals surface area contributed by atoms with E-state index < -0.39 is 6.43 Å². The zero-order valence-corrected chi connectivity index (χ0v) is 13.4. The SMILES string of the molecule is CCC(NCc1cccc(C(F)F)c1)c1ccc(Br)cc1. The smallest absolute Gasteiger partial charge is 0.263 e. The molecule has 0 saturated carbocycles. The maximum Gasteiger partial charge on any atom is 0.263 e. The van der Waals surface area contributed by atoms with Crippen LogP contribution in [0.25, 0.3) is 0 Å². The molecule has 0 amide bonds. The van der Waals surface area contributed by atoms with Crippen LogP contribution in [0.2, 0.25) is 0 Å². The molecule has 0 aliphatic heterocycles. The lowest BCUT2D eigenvalue weighted by molar-refractivity contribution is 0.151. The summed E-state index contributed by atoms with van der Waals surface area (Å²) in [4.78, 5) is 0. The highest BCUT2D eigenvalue weighted by molar-refractivity contribution is 9.10. The van der Waals surface area contributed by atoms with Crippen molar-refractivity contribution in [2.75, 3.05) is 0 Å². The largest absolute Gasteiger partial charge is 0.306 e. The van der Waals surface area contributed by atoms with Gasteiger partial charge in [-0.2, -0.15) is 0 Å². The van der Waals surface area contributed by atoms with Gasteiger partial charge in [0.1, 0.15) is 0 Å². The molecular formula is C17H18BrF2N. The van der Waals surface area contributed by atoms with Crippen LogP contribution in [0.15, 0.2) is 53.0 Å². The molecule has 2 aromatic rings. The lowest BCUT2D eigenvalue weighted by Gasteiger charge is -2.18. The van der Waals surface area contributed by atoms with Crippen molar-refractivity contribution in [3.63, 3.8) is 0 Å². The number of hydrogen-bond donors (Lipinski definition) is 1. The van der Waals surface area contributed by atoms with E-state index in [0.29, 0.717) is 6.54 Å². The molecule has 2 aromatic carbocycles. The Morgan fingerprint density at radius 3 is 2.38 bits per heavy atom. The van der Waals surface area contributed by atoms with Gasteiger partial charge < -0.3 is 5.32 Å². The van der Waals surface area contributed by atoms with Crippen molar-refractivity contribution in [3.05, 3.63) is 69.7 Å². The van der Waals surface area contributed by atoms with E-state index in [1.165, 1.54) is 11.6 Å². The lowest BCUT2D eigenvalue weighted by Crippen LogP contribution is -2.20. The van der Waals surface area contributed by atoms with Crippen LogP contribution in [0.1, 0.15) is 42.5 Å². The molecule has 112 valence electrons. The highest BCUT2D eigenvalue weighted by atomic mass is 79.9. The van der Waals surface area contributed by atoms with Crippen LogP contribution >= 0.6 is 15.9 Å². The fourth-order valence-electron chi connectivity index (χ4n) is 2.27. The number of hydrogen-bond acceptors (Lipinski definition) is 1. The molecule has 0 aliphatic carbocycles. The van der Waals surface area contributed by atoms with Gasteiger partial charge in [-0.05, 0) is 35.7 Å². The Hall–Kier alpha value is -1.26. The molecule has 2 rings (SSSR count). The molecule has 0 bridgehead atoms. The van der Waals surface area contributed by atoms with Gasteiger partial charge in [-0.25, -0.2) is 8.78 Å². The summed E-state index contributed by atoms with van der Waals surface area (Å²) in [5.41, 5.74) is 2.15. The number of nitrogens with one attached hydrogen (secondary N) is 1. The van der Waals surface area contributed by atoms with Crippen molar-refractivity contribution in [1.82, 2.24) is 5.32 Å². The van der Waals surface area contributed by atoms with Crippen LogP contribution in [-0.2, 0) is 6.54 Å². The summed E-state index contributed by atoms with van der Waals surface area (Å²) in [6, 6.07) is 14.9. The van der Waals surface area contributed by atoms with E-state index in [0.717, 1.165) is 16.5 Å². The number of alkyl halides is 2. The van der Waals surface area contributed by atoms with Crippen LogP contribution in [0.5, 0.6) is 0 Å². The van der Waals surface area contributed by atoms with Crippen molar-refractivity contribution in [1.29, 1.82) is 0 Å². The molecule has 0 spiro atoms. The second-order valence-corrected chi connectivity index (χ2v) is 5.85. The van der Waals surface area contributed by atoms with Crippen LogP contribution in [0.4, 0.5) is 8.78 Å². The number of halogens is 3. The molecule has 0 radical (unpaired) electrons. The van der Waals surface area contributed by atoms with E-state index in [2.05, 4.69) is 40.3 Å². The van der Waals surface area contributed by atoms with Crippen molar-refractivity contribution in [3.8, 4) is 0 Å². The third-order valence-electron chi connectivity index (χ3n) is 3.44. The van der Waals surface area contributed by atoms with Crippen molar-refractivity contribution < 1.29 is 8.78 Å². The molecule has 1 unspecified atom stereocenters. The number of benzene rings is 2. The van der Waals surface area contributed by atoms with Gasteiger partial charge in [0.15, 0.2) is 0 Å². The highest BCUT2D eigenvalue weighted by Gasteiger charge is 2.10. The van der Waals surface area contributed by atoms with Crippen molar-refractivity contribution in [2.24, 2.45) is 0 Å². The monoisotopic (exact) mass is 353 g/mol. The minimum atomic E-state index is -2.42. The van der Waals surface area contributed by atoms with Gasteiger partial charge in [-0.3, -0.25) is 0 Å². The molecule has 0 heterocycles. The van der Waals surface area contributed by atoms with Gasteiger partial charge >= 0.3 is 0 Å². The van der Waals surface area contributed by atoms with Crippen LogP contribution in [0.3, 0.4) is 0 Å². The average Bonchev–Trinajstić information content (AvgIpc) is 2.50. The molecule has 4 heteroatoms. The molecule has 0 fully saturated rings. The quantitative estimate of drug-likeness (QED) is 0.709. The third-order valence-corrected chi connectivity index (χ3v) is 3.96. The first-order valence-electron chi connectivity index (χ1n) is 6.96. The second kappa shape index (κ2) is 7.66. The van der Waals surface area contributed by atoms with Crippen molar-refractivity contribution in [2.45, 2.75) is 32.4 Å². The minimum absolute atomic E-state index is 0.0750. The summed E-state index contributed by atoms with van der Waals surface area (Å²) in [5.74, 6) is 0. The van der Waals surface area contributed by atoms with E-state index in [1.54, 1.807) is 12.1 Å². The Morgan fingerprint density at radius 2 is 1.76 bits per heavy atom. The molecule has 0 saturated heterocycles. The van der Waals surface area contributed by atoms with Gasteiger partial charge in [-0.15, -0.1) is 0 Å². The standard InChI is InChI=1S/C17H18BrF2N/c1-2-16(13-6-8-15(18)9-7-13)21-11-12-4-3-5-14(10-12)17(19)20/h3-10,16-17,21H,2,11H2,1H3. The topological polar surface area (TPSA) is 12.0 Å². The first kappa shape index (κ1) is 16.1. The van der Waals surface area contributed by atoms with E-state index in [9.17, 15) is 8.78 Å².